The van der Waals surface area contributed by atoms with Crippen LogP contribution in [-0.2, 0) is 16.0 Å². The number of hydrogen-bond acceptors (Lipinski definition) is 4. The van der Waals surface area contributed by atoms with Crippen LogP contribution < -0.4 is 10.1 Å². The molecule has 0 aromatic heterocycles. The Morgan fingerprint density at radius 2 is 1.97 bits per heavy atom. The SMILES string of the molecule is COc1cc2c(cc1O)CC[C@H]1[C@@H]3[C@@H](CCCC(=O)NC4CCCCC4)CC(=O)[C@@]3(C)CC[C@H]21. The summed E-state index contributed by atoms with van der Waals surface area (Å²) in [7, 11) is 1.61. The van der Waals surface area contributed by atoms with Crippen molar-refractivity contribution in [2.45, 2.75) is 102 Å². The molecule has 3 saturated carbocycles. The highest BCUT2D eigenvalue weighted by Gasteiger charge is 2.58. The van der Waals surface area contributed by atoms with Crippen LogP contribution in [0.25, 0.3) is 0 Å². The number of hydrogen-bond donors (Lipinski definition) is 2. The number of Topliss-reactive ketones (excluding diaryl/α,β-unsaturated/α-hetero) is 1. The molecule has 1 amide bonds. The normalized spacial score (nSPS) is 33.1. The van der Waals surface area contributed by atoms with Crippen LogP contribution in [0.15, 0.2) is 12.1 Å². The minimum Gasteiger partial charge on any atom is -0.504 e. The van der Waals surface area contributed by atoms with Gasteiger partial charge in [-0.3, -0.25) is 9.59 Å². The van der Waals surface area contributed by atoms with Gasteiger partial charge < -0.3 is 15.2 Å². The van der Waals surface area contributed by atoms with E-state index in [1.54, 1.807) is 7.11 Å². The number of aryl methyl sites for hydroxylation is 1. The molecule has 0 heterocycles. The zero-order valence-corrected chi connectivity index (χ0v) is 20.9. The van der Waals surface area contributed by atoms with Gasteiger partial charge in [0.25, 0.3) is 0 Å². The van der Waals surface area contributed by atoms with E-state index in [2.05, 4.69) is 12.2 Å². The third kappa shape index (κ3) is 4.24. The van der Waals surface area contributed by atoms with Gasteiger partial charge in [-0.2, -0.15) is 0 Å². The maximum absolute atomic E-state index is 13.2. The summed E-state index contributed by atoms with van der Waals surface area (Å²) in [6.45, 7) is 2.22. The zero-order chi connectivity index (χ0) is 23.9. The zero-order valence-electron chi connectivity index (χ0n) is 20.9. The summed E-state index contributed by atoms with van der Waals surface area (Å²) in [4.78, 5) is 25.8. The fourth-order valence-corrected chi connectivity index (χ4v) is 8.15. The predicted molar refractivity (Wildman–Crippen MR) is 132 cm³/mol. The number of nitrogens with one attached hydrogen (secondary N) is 1. The Balaban J connectivity index is 1.27. The number of fused-ring (bicyclic) bond motifs is 5. The molecule has 5 atom stereocenters. The van der Waals surface area contributed by atoms with Crippen molar-refractivity contribution in [3.05, 3.63) is 23.3 Å². The smallest absolute Gasteiger partial charge is 0.220 e. The van der Waals surface area contributed by atoms with E-state index in [4.69, 9.17) is 4.74 Å². The summed E-state index contributed by atoms with van der Waals surface area (Å²) in [5.74, 6) is 3.12. The molecule has 0 spiro atoms. The number of phenols is 1. The lowest BCUT2D eigenvalue weighted by Gasteiger charge is -2.50. The van der Waals surface area contributed by atoms with Crippen molar-refractivity contribution in [1.29, 1.82) is 0 Å². The van der Waals surface area contributed by atoms with Gasteiger partial charge in [-0.1, -0.05) is 26.2 Å². The molecule has 0 aliphatic heterocycles. The van der Waals surface area contributed by atoms with Crippen LogP contribution in [0.4, 0.5) is 0 Å². The van der Waals surface area contributed by atoms with Crippen LogP contribution in [0.3, 0.4) is 0 Å². The van der Waals surface area contributed by atoms with Gasteiger partial charge in [0.15, 0.2) is 11.5 Å². The van der Waals surface area contributed by atoms with Crippen molar-refractivity contribution in [3.63, 3.8) is 0 Å². The van der Waals surface area contributed by atoms with E-state index >= 15 is 0 Å². The first-order valence-corrected chi connectivity index (χ1v) is 13.6. The van der Waals surface area contributed by atoms with Gasteiger partial charge in [0.1, 0.15) is 5.78 Å². The summed E-state index contributed by atoms with van der Waals surface area (Å²) in [5, 5.41) is 13.5. The van der Waals surface area contributed by atoms with Gasteiger partial charge in [-0.05, 0) is 98.3 Å². The Morgan fingerprint density at radius 1 is 1.18 bits per heavy atom. The molecular formula is C29H41NO4. The van der Waals surface area contributed by atoms with Crippen molar-refractivity contribution in [2.24, 2.45) is 23.2 Å². The minimum atomic E-state index is -0.214. The fourth-order valence-electron chi connectivity index (χ4n) is 8.15. The second-order valence-corrected chi connectivity index (χ2v) is 11.7. The van der Waals surface area contributed by atoms with Gasteiger partial charge in [-0.25, -0.2) is 0 Å². The molecule has 1 aromatic rings. The largest absolute Gasteiger partial charge is 0.504 e. The van der Waals surface area contributed by atoms with E-state index in [0.29, 0.717) is 54.1 Å². The number of methoxy groups -OCH3 is 1. The molecule has 0 unspecified atom stereocenters. The summed E-state index contributed by atoms with van der Waals surface area (Å²) in [6.07, 6.45) is 13.1. The van der Waals surface area contributed by atoms with E-state index in [-0.39, 0.29) is 17.1 Å². The Bertz CT molecular complexity index is 936. The van der Waals surface area contributed by atoms with Crippen molar-refractivity contribution >= 4 is 11.7 Å². The molecule has 5 heteroatoms. The Kier molecular flexibility index (Phi) is 6.65. The van der Waals surface area contributed by atoms with Crippen LogP contribution in [0.5, 0.6) is 11.5 Å². The molecule has 0 radical (unpaired) electrons. The predicted octanol–water partition coefficient (Wildman–Crippen LogP) is 5.67. The van der Waals surface area contributed by atoms with Crippen LogP contribution in [0.1, 0.15) is 101 Å². The Morgan fingerprint density at radius 3 is 2.74 bits per heavy atom. The fraction of sp³-hybridized carbons (Fsp3) is 0.724. The highest BCUT2D eigenvalue weighted by molar-refractivity contribution is 5.87. The highest BCUT2D eigenvalue weighted by Crippen LogP contribution is 2.62. The number of amides is 1. The van der Waals surface area contributed by atoms with Crippen molar-refractivity contribution < 1.29 is 19.4 Å². The van der Waals surface area contributed by atoms with Crippen LogP contribution in [0, 0.1) is 23.2 Å². The average molecular weight is 468 g/mol. The summed E-state index contributed by atoms with van der Waals surface area (Å²) in [6, 6.07) is 4.31. The number of phenolic OH excluding ortho intramolecular Hbond substituents is 1. The molecule has 5 rings (SSSR count). The minimum absolute atomic E-state index is 0.194. The molecule has 34 heavy (non-hydrogen) atoms. The van der Waals surface area contributed by atoms with Gasteiger partial charge in [0, 0.05) is 24.3 Å². The molecule has 0 bridgehead atoms. The van der Waals surface area contributed by atoms with E-state index in [1.165, 1.54) is 30.4 Å². The summed E-state index contributed by atoms with van der Waals surface area (Å²) in [5.41, 5.74) is 2.34. The van der Waals surface area contributed by atoms with Crippen LogP contribution >= 0.6 is 0 Å². The number of rotatable bonds is 6. The standard InChI is InChI=1S/C29H41NO4/c1-29-14-13-21-22(12-11-18-15-24(31)25(34-2)17-23(18)21)28(29)19(16-26(29)32)7-6-10-27(33)30-20-8-4-3-5-9-20/h15,17,19-22,28,31H,3-14,16H2,1-2H3,(H,30,33)/t19-,21-,22+,28-,29+/m0/s1. The van der Waals surface area contributed by atoms with E-state index in [9.17, 15) is 14.7 Å². The number of aromatic hydroxyl groups is 1. The van der Waals surface area contributed by atoms with E-state index < -0.39 is 0 Å². The molecule has 186 valence electrons. The Labute approximate surface area is 204 Å². The lowest BCUT2D eigenvalue weighted by atomic mass is 9.54. The highest BCUT2D eigenvalue weighted by atomic mass is 16.5. The van der Waals surface area contributed by atoms with E-state index in [0.717, 1.165) is 51.4 Å². The van der Waals surface area contributed by atoms with Crippen molar-refractivity contribution in [1.82, 2.24) is 5.32 Å². The van der Waals surface area contributed by atoms with E-state index in [1.807, 2.05) is 12.1 Å². The molecule has 0 saturated heterocycles. The van der Waals surface area contributed by atoms with Gasteiger partial charge in [-0.15, -0.1) is 0 Å². The molecule has 1 aromatic carbocycles. The number of benzene rings is 1. The topological polar surface area (TPSA) is 75.6 Å². The average Bonchev–Trinajstić information content (AvgIpc) is 3.09. The Hall–Kier alpha value is -2.04. The number of carbonyl (C=O) groups excluding carboxylic acids is 2. The first-order chi connectivity index (χ1) is 16.4. The van der Waals surface area contributed by atoms with Gasteiger partial charge in [0.05, 0.1) is 7.11 Å². The quantitative estimate of drug-likeness (QED) is 0.565. The number of ether oxygens (including phenoxy) is 1. The molecule has 5 nitrogen and oxygen atoms in total. The molecule has 4 aliphatic carbocycles. The second kappa shape index (κ2) is 9.54. The molecule has 4 aliphatic rings. The maximum atomic E-state index is 13.2. The number of ketones is 1. The van der Waals surface area contributed by atoms with Gasteiger partial charge in [0.2, 0.25) is 5.91 Å². The first kappa shape index (κ1) is 23.7. The summed E-state index contributed by atoms with van der Waals surface area (Å²) >= 11 is 0. The lowest BCUT2D eigenvalue weighted by molar-refractivity contribution is -0.129. The third-order valence-electron chi connectivity index (χ3n) is 9.82. The van der Waals surface area contributed by atoms with Gasteiger partial charge >= 0.3 is 0 Å². The first-order valence-electron chi connectivity index (χ1n) is 13.6. The maximum Gasteiger partial charge on any atom is 0.220 e. The molecule has 3 fully saturated rings. The summed E-state index contributed by atoms with van der Waals surface area (Å²) < 4.78 is 5.42. The molecule has 2 N–H and O–H groups in total. The number of carbonyl (C=O) groups is 2. The second-order valence-electron chi connectivity index (χ2n) is 11.7. The van der Waals surface area contributed by atoms with Crippen LogP contribution in [0.2, 0.25) is 0 Å². The van der Waals surface area contributed by atoms with Crippen molar-refractivity contribution in [3.8, 4) is 11.5 Å². The van der Waals surface area contributed by atoms with Crippen LogP contribution in [-0.4, -0.2) is 29.9 Å². The van der Waals surface area contributed by atoms with Crippen molar-refractivity contribution in [2.75, 3.05) is 7.11 Å². The molecular weight excluding hydrogens is 426 g/mol. The lowest BCUT2D eigenvalue weighted by Crippen LogP contribution is -2.44. The monoisotopic (exact) mass is 467 g/mol. The third-order valence-corrected chi connectivity index (χ3v) is 9.82.